The third-order valence-electron chi connectivity index (χ3n) is 7.37. The number of amides is 2. The molecule has 1 aromatic carbocycles. The Balaban J connectivity index is 1.53. The van der Waals surface area contributed by atoms with E-state index in [0.717, 1.165) is 49.1 Å². The van der Waals surface area contributed by atoms with Crippen LogP contribution in [0.25, 0.3) is 0 Å². The van der Waals surface area contributed by atoms with Crippen LogP contribution < -0.4 is 10.6 Å². The minimum absolute atomic E-state index is 0.0159. The van der Waals surface area contributed by atoms with Gasteiger partial charge in [-0.1, -0.05) is 43.0 Å². The average molecular weight is 497 g/mol. The monoisotopic (exact) mass is 496 g/mol. The molecule has 1 aromatic heterocycles. The summed E-state index contributed by atoms with van der Waals surface area (Å²) in [7, 11) is 1.75. The summed E-state index contributed by atoms with van der Waals surface area (Å²) >= 11 is 1.44. The van der Waals surface area contributed by atoms with Crippen LogP contribution >= 0.6 is 11.3 Å². The molecule has 0 bridgehead atoms. The summed E-state index contributed by atoms with van der Waals surface area (Å²) in [4.78, 5) is 46.2. The molecule has 2 N–H and O–H groups in total. The minimum Gasteiger partial charge on any atom is -0.343 e. The second kappa shape index (κ2) is 11.4. The van der Waals surface area contributed by atoms with Crippen LogP contribution in [0.5, 0.6) is 0 Å². The zero-order chi connectivity index (χ0) is 24.9. The van der Waals surface area contributed by atoms with Crippen molar-refractivity contribution in [3.05, 3.63) is 51.5 Å². The fourth-order valence-corrected chi connectivity index (χ4v) is 6.15. The molecule has 2 heterocycles. The second-order valence-electron chi connectivity index (χ2n) is 9.85. The van der Waals surface area contributed by atoms with Gasteiger partial charge < -0.3 is 15.5 Å². The predicted molar refractivity (Wildman–Crippen MR) is 137 cm³/mol. The van der Waals surface area contributed by atoms with Crippen molar-refractivity contribution in [2.24, 2.45) is 5.92 Å². The van der Waals surface area contributed by atoms with Gasteiger partial charge in [0, 0.05) is 17.5 Å². The van der Waals surface area contributed by atoms with Crippen molar-refractivity contribution in [1.29, 1.82) is 0 Å². The molecule has 3 atom stereocenters. The summed E-state index contributed by atoms with van der Waals surface area (Å²) in [5.41, 5.74) is 2.08. The van der Waals surface area contributed by atoms with E-state index < -0.39 is 6.04 Å². The Labute approximate surface area is 211 Å². The fourth-order valence-electron chi connectivity index (χ4n) is 5.20. The maximum atomic E-state index is 13.9. The van der Waals surface area contributed by atoms with Crippen molar-refractivity contribution in [3.63, 3.8) is 0 Å². The van der Waals surface area contributed by atoms with Crippen LogP contribution in [-0.4, -0.2) is 53.2 Å². The Morgan fingerprint density at radius 3 is 2.60 bits per heavy atom. The first-order valence-electron chi connectivity index (χ1n) is 12.7. The molecule has 4 rings (SSSR count). The number of nitrogens with zero attached hydrogens (tertiary/aromatic N) is 2. The number of carbonyl (C=O) groups is 3. The summed E-state index contributed by atoms with van der Waals surface area (Å²) in [6.45, 7) is 4.41. The van der Waals surface area contributed by atoms with Crippen LogP contribution in [0.2, 0.25) is 0 Å². The standard InChI is InChI=1S/C27H36N4O3S/c1-17-9-7-12-20(15-17)24(32)21-16-35-26(29-21)22-13-8-14-31(22)27(34)23(19-10-5-4-6-11-19)30-25(33)18(2)28-3/h7,9,12,15-16,18-19,22-23,28H,4-6,8,10-11,13-14H2,1-3H3,(H,30,33)/t18-,22?,23-/m0/s1. The smallest absolute Gasteiger partial charge is 0.246 e. The Bertz CT molecular complexity index is 1060. The minimum atomic E-state index is -0.521. The van der Waals surface area contributed by atoms with Gasteiger partial charge in [-0.25, -0.2) is 4.98 Å². The normalized spacial score (nSPS) is 20.4. The van der Waals surface area contributed by atoms with Crippen LogP contribution in [0.3, 0.4) is 0 Å². The molecule has 188 valence electrons. The van der Waals surface area contributed by atoms with Gasteiger partial charge >= 0.3 is 0 Å². The zero-order valence-electron chi connectivity index (χ0n) is 20.9. The number of thiazole rings is 1. The van der Waals surface area contributed by atoms with Gasteiger partial charge in [0.1, 0.15) is 16.7 Å². The van der Waals surface area contributed by atoms with E-state index in [0.29, 0.717) is 17.8 Å². The van der Waals surface area contributed by atoms with Crippen molar-refractivity contribution in [2.45, 2.75) is 76.9 Å². The molecule has 1 unspecified atom stereocenters. The maximum Gasteiger partial charge on any atom is 0.246 e. The van der Waals surface area contributed by atoms with Crippen molar-refractivity contribution in [1.82, 2.24) is 20.5 Å². The number of aromatic nitrogens is 1. The Morgan fingerprint density at radius 1 is 1.11 bits per heavy atom. The third kappa shape index (κ3) is 5.81. The third-order valence-corrected chi connectivity index (χ3v) is 8.31. The first-order chi connectivity index (χ1) is 16.9. The Kier molecular flexibility index (Phi) is 8.34. The lowest BCUT2D eigenvalue weighted by Crippen LogP contribution is -2.55. The van der Waals surface area contributed by atoms with E-state index in [1.165, 1.54) is 17.8 Å². The Morgan fingerprint density at radius 2 is 1.89 bits per heavy atom. The molecule has 0 spiro atoms. The molecule has 8 heteroatoms. The van der Waals surface area contributed by atoms with Crippen molar-refractivity contribution in [3.8, 4) is 0 Å². The summed E-state index contributed by atoms with van der Waals surface area (Å²) < 4.78 is 0. The van der Waals surface area contributed by atoms with Crippen LogP contribution in [0.15, 0.2) is 29.6 Å². The lowest BCUT2D eigenvalue weighted by Gasteiger charge is -2.35. The molecule has 1 saturated carbocycles. The average Bonchev–Trinajstić information content (AvgIpc) is 3.56. The first kappa shape index (κ1) is 25.5. The van der Waals surface area contributed by atoms with Gasteiger partial charge in [-0.3, -0.25) is 14.4 Å². The Hall–Kier alpha value is -2.58. The van der Waals surface area contributed by atoms with E-state index in [9.17, 15) is 14.4 Å². The van der Waals surface area contributed by atoms with Crippen LogP contribution in [-0.2, 0) is 9.59 Å². The molecule has 7 nitrogen and oxygen atoms in total. The first-order valence-corrected chi connectivity index (χ1v) is 13.6. The van der Waals surface area contributed by atoms with Crippen molar-refractivity contribution in [2.75, 3.05) is 13.6 Å². The molecule has 2 fully saturated rings. The number of ketones is 1. The van der Waals surface area contributed by atoms with Gasteiger partial charge in [0.2, 0.25) is 17.6 Å². The lowest BCUT2D eigenvalue weighted by molar-refractivity contribution is -0.139. The van der Waals surface area contributed by atoms with Gasteiger partial charge in [-0.2, -0.15) is 0 Å². The SMILES string of the molecule is CN[C@@H](C)C(=O)N[C@H](C(=O)N1CCCC1c1nc(C(=O)c2cccc(C)c2)cs1)C1CCCCC1. The molecular weight excluding hydrogens is 460 g/mol. The second-order valence-corrected chi connectivity index (χ2v) is 10.7. The quantitative estimate of drug-likeness (QED) is 0.539. The number of rotatable bonds is 8. The van der Waals surface area contributed by atoms with Crippen LogP contribution in [0.4, 0.5) is 0 Å². The number of benzene rings is 1. The van der Waals surface area contributed by atoms with E-state index in [1.54, 1.807) is 19.4 Å². The number of carbonyl (C=O) groups excluding carboxylic acids is 3. The molecule has 35 heavy (non-hydrogen) atoms. The van der Waals surface area contributed by atoms with E-state index in [2.05, 4.69) is 15.6 Å². The van der Waals surface area contributed by atoms with E-state index >= 15 is 0 Å². The molecule has 1 saturated heterocycles. The lowest BCUT2D eigenvalue weighted by atomic mass is 9.83. The van der Waals surface area contributed by atoms with E-state index in [1.807, 2.05) is 36.1 Å². The van der Waals surface area contributed by atoms with Gasteiger partial charge in [0.15, 0.2) is 0 Å². The number of hydrogen-bond acceptors (Lipinski definition) is 6. The van der Waals surface area contributed by atoms with Gasteiger partial charge in [-0.05, 0) is 58.6 Å². The summed E-state index contributed by atoms with van der Waals surface area (Å²) in [6.07, 6.45) is 6.97. The number of aryl methyl sites for hydroxylation is 1. The summed E-state index contributed by atoms with van der Waals surface area (Å²) in [5, 5.41) is 8.64. The number of nitrogens with one attached hydrogen (secondary N) is 2. The van der Waals surface area contributed by atoms with Gasteiger partial charge in [-0.15, -0.1) is 11.3 Å². The highest BCUT2D eigenvalue weighted by atomic mass is 32.1. The fraction of sp³-hybridized carbons (Fsp3) is 0.556. The summed E-state index contributed by atoms with van der Waals surface area (Å²) in [5.74, 6) is -0.106. The molecular formula is C27H36N4O3S. The molecule has 1 aliphatic carbocycles. The maximum absolute atomic E-state index is 13.9. The molecule has 0 radical (unpaired) electrons. The van der Waals surface area contributed by atoms with Crippen molar-refractivity contribution < 1.29 is 14.4 Å². The molecule has 1 aliphatic heterocycles. The van der Waals surface area contributed by atoms with Gasteiger partial charge in [0.25, 0.3) is 0 Å². The van der Waals surface area contributed by atoms with Crippen LogP contribution in [0, 0.1) is 12.8 Å². The van der Waals surface area contributed by atoms with E-state index in [-0.39, 0.29) is 35.6 Å². The van der Waals surface area contributed by atoms with E-state index in [4.69, 9.17) is 0 Å². The van der Waals surface area contributed by atoms with Crippen LogP contribution in [0.1, 0.15) is 84.5 Å². The highest BCUT2D eigenvalue weighted by molar-refractivity contribution is 7.10. The molecule has 2 aromatic rings. The van der Waals surface area contributed by atoms with Gasteiger partial charge in [0.05, 0.1) is 12.1 Å². The number of likely N-dealkylation sites (N-methyl/N-ethyl adjacent to an activating group) is 1. The number of hydrogen-bond donors (Lipinski definition) is 2. The highest BCUT2D eigenvalue weighted by Crippen LogP contribution is 2.36. The molecule has 2 aliphatic rings. The van der Waals surface area contributed by atoms with Crippen molar-refractivity contribution >= 4 is 28.9 Å². The summed E-state index contributed by atoms with van der Waals surface area (Å²) in [6, 6.07) is 6.48. The topological polar surface area (TPSA) is 91.4 Å². The zero-order valence-corrected chi connectivity index (χ0v) is 21.7. The highest BCUT2D eigenvalue weighted by Gasteiger charge is 2.40. The predicted octanol–water partition coefficient (Wildman–Crippen LogP) is 4.02. The molecule has 2 amide bonds. The largest absolute Gasteiger partial charge is 0.343 e. The number of likely N-dealkylation sites (tertiary alicyclic amines) is 1.